The van der Waals surface area contributed by atoms with Crippen LogP contribution < -0.4 is 24.4 Å². The summed E-state index contributed by atoms with van der Waals surface area (Å²) in [5.41, 5.74) is 1.01. The minimum absolute atomic E-state index is 0.0637. The summed E-state index contributed by atoms with van der Waals surface area (Å²) in [5, 5.41) is 2.58. The minimum Gasteiger partial charge on any atom is -0.496 e. The standard InChI is InChI=1S/C20H15ClN2O6/c1-10-13(21)4-3-5-14(10)23-19(25)12(18(24)22-20(23)26)6-11-7-16-17(29-9-28-16)8-15(11)27-2/h3-8H,9H2,1-2H3,(H,22,24,26)/b12-6+. The number of hydrogen-bond donors (Lipinski definition) is 1. The van der Waals surface area contributed by atoms with Crippen LogP contribution in [-0.2, 0) is 9.59 Å². The third-order valence-electron chi connectivity index (χ3n) is 4.61. The number of halogens is 1. The van der Waals surface area contributed by atoms with Crippen LogP contribution in [0.2, 0.25) is 5.02 Å². The topological polar surface area (TPSA) is 94.2 Å². The van der Waals surface area contributed by atoms with E-state index in [0.717, 1.165) is 4.90 Å². The van der Waals surface area contributed by atoms with Crippen molar-refractivity contribution in [1.82, 2.24) is 5.32 Å². The van der Waals surface area contributed by atoms with Crippen molar-refractivity contribution < 1.29 is 28.6 Å². The van der Waals surface area contributed by atoms with Crippen LogP contribution in [0.3, 0.4) is 0 Å². The molecule has 0 atom stereocenters. The predicted octanol–water partition coefficient (Wildman–Crippen LogP) is 3.05. The van der Waals surface area contributed by atoms with Gasteiger partial charge in [-0.3, -0.25) is 14.9 Å². The van der Waals surface area contributed by atoms with Crippen LogP contribution in [0.5, 0.6) is 17.2 Å². The van der Waals surface area contributed by atoms with Gasteiger partial charge >= 0.3 is 6.03 Å². The third kappa shape index (κ3) is 3.17. The van der Waals surface area contributed by atoms with Crippen LogP contribution in [-0.4, -0.2) is 31.7 Å². The van der Waals surface area contributed by atoms with E-state index in [-0.39, 0.29) is 18.1 Å². The predicted molar refractivity (Wildman–Crippen MR) is 104 cm³/mol. The Morgan fingerprint density at radius 2 is 1.90 bits per heavy atom. The number of barbiturate groups is 1. The summed E-state index contributed by atoms with van der Waals surface area (Å²) >= 11 is 6.12. The Morgan fingerprint density at radius 3 is 2.62 bits per heavy atom. The van der Waals surface area contributed by atoms with E-state index >= 15 is 0 Å². The van der Waals surface area contributed by atoms with Gasteiger partial charge in [0.15, 0.2) is 11.5 Å². The number of methoxy groups -OCH3 is 1. The van der Waals surface area contributed by atoms with Crippen molar-refractivity contribution in [1.29, 1.82) is 0 Å². The Morgan fingerprint density at radius 1 is 1.17 bits per heavy atom. The molecular formula is C20H15ClN2O6. The Hall–Kier alpha value is -3.52. The molecule has 8 nitrogen and oxygen atoms in total. The first-order chi connectivity index (χ1) is 13.9. The Balaban J connectivity index is 1.80. The lowest BCUT2D eigenvalue weighted by Gasteiger charge is -2.27. The SMILES string of the molecule is COc1cc2c(cc1/C=C1\C(=O)NC(=O)N(c3cccc(Cl)c3C)C1=O)OCO2. The number of urea groups is 1. The van der Waals surface area contributed by atoms with Gasteiger partial charge in [0.25, 0.3) is 11.8 Å². The summed E-state index contributed by atoms with van der Waals surface area (Å²) in [6.45, 7) is 1.74. The number of amides is 4. The minimum atomic E-state index is -0.847. The molecular weight excluding hydrogens is 400 g/mol. The molecule has 4 amide bonds. The van der Waals surface area contributed by atoms with E-state index in [1.165, 1.54) is 13.2 Å². The van der Waals surface area contributed by atoms with Crippen molar-refractivity contribution >= 4 is 41.2 Å². The number of nitrogens with one attached hydrogen (secondary N) is 1. The molecule has 1 N–H and O–H groups in total. The maximum Gasteiger partial charge on any atom is 0.335 e. The molecule has 2 aliphatic heterocycles. The number of benzene rings is 2. The zero-order valence-electron chi connectivity index (χ0n) is 15.4. The monoisotopic (exact) mass is 414 g/mol. The van der Waals surface area contributed by atoms with Crippen molar-refractivity contribution in [3.63, 3.8) is 0 Å². The van der Waals surface area contributed by atoms with Crippen molar-refractivity contribution in [3.8, 4) is 17.2 Å². The quantitative estimate of drug-likeness (QED) is 0.612. The van der Waals surface area contributed by atoms with E-state index < -0.39 is 17.8 Å². The Kier molecular flexibility index (Phi) is 4.63. The van der Waals surface area contributed by atoms with Gasteiger partial charge in [-0.2, -0.15) is 0 Å². The molecule has 0 bridgehead atoms. The average Bonchev–Trinajstić information content (AvgIpc) is 3.14. The van der Waals surface area contributed by atoms with Crippen molar-refractivity contribution in [2.24, 2.45) is 0 Å². The zero-order valence-corrected chi connectivity index (χ0v) is 16.2. The molecule has 0 aliphatic carbocycles. The van der Waals surface area contributed by atoms with Crippen LogP contribution >= 0.6 is 11.6 Å². The molecule has 2 aliphatic rings. The fourth-order valence-electron chi connectivity index (χ4n) is 3.10. The number of carbonyl (C=O) groups excluding carboxylic acids is 3. The van der Waals surface area contributed by atoms with Crippen LogP contribution in [0.4, 0.5) is 10.5 Å². The van der Waals surface area contributed by atoms with E-state index in [1.807, 2.05) is 0 Å². The molecule has 0 radical (unpaired) electrons. The van der Waals surface area contributed by atoms with Gasteiger partial charge in [-0.1, -0.05) is 17.7 Å². The second-order valence-corrected chi connectivity index (χ2v) is 6.70. The first-order valence-corrected chi connectivity index (χ1v) is 8.92. The highest BCUT2D eigenvalue weighted by Crippen LogP contribution is 2.39. The maximum absolute atomic E-state index is 13.1. The zero-order chi connectivity index (χ0) is 20.7. The molecule has 1 saturated heterocycles. The van der Waals surface area contributed by atoms with Crippen molar-refractivity contribution in [2.75, 3.05) is 18.8 Å². The van der Waals surface area contributed by atoms with Crippen molar-refractivity contribution in [2.45, 2.75) is 6.92 Å². The number of carbonyl (C=O) groups is 3. The van der Waals surface area contributed by atoms with Crippen LogP contribution in [0, 0.1) is 6.92 Å². The number of rotatable bonds is 3. The number of hydrogen-bond acceptors (Lipinski definition) is 6. The smallest absolute Gasteiger partial charge is 0.335 e. The highest BCUT2D eigenvalue weighted by atomic mass is 35.5. The van der Waals surface area contributed by atoms with Crippen LogP contribution in [0.1, 0.15) is 11.1 Å². The number of nitrogens with zero attached hydrogens (tertiary/aromatic N) is 1. The fourth-order valence-corrected chi connectivity index (χ4v) is 3.27. The number of fused-ring (bicyclic) bond motifs is 1. The van der Waals surface area contributed by atoms with Gasteiger partial charge in [0, 0.05) is 16.7 Å². The molecule has 0 spiro atoms. The normalized spacial score (nSPS) is 17.0. The summed E-state index contributed by atoms with van der Waals surface area (Å²) in [6, 6.07) is 7.19. The molecule has 2 heterocycles. The third-order valence-corrected chi connectivity index (χ3v) is 5.02. The van der Waals surface area contributed by atoms with E-state index in [1.54, 1.807) is 37.3 Å². The molecule has 148 valence electrons. The van der Waals surface area contributed by atoms with Gasteiger partial charge in [-0.05, 0) is 36.8 Å². The molecule has 0 aromatic heterocycles. The van der Waals surface area contributed by atoms with Gasteiger partial charge in [0.1, 0.15) is 11.3 Å². The van der Waals surface area contributed by atoms with Gasteiger partial charge in [-0.25, -0.2) is 9.69 Å². The lowest BCUT2D eigenvalue weighted by Crippen LogP contribution is -2.54. The summed E-state index contributed by atoms with van der Waals surface area (Å²) in [6.07, 6.45) is 1.35. The maximum atomic E-state index is 13.1. The molecule has 2 aromatic rings. The van der Waals surface area contributed by atoms with Gasteiger partial charge in [0.2, 0.25) is 6.79 Å². The molecule has 4 rings (SSSR count). The van der Waals surface area contributed by atoms with Crippen molar-refractivity contribution in [3.05, 3.63) is 52.1 Å². The first kappa shape index (κ1) is 18.8. The summed E-state index contributed by atoms with van der Waals surface area (Å²) < 4.78 is 16.0. The Labute approximate surface area is 170 Å². The van der Waals surface area contributed by atoms with E-state index in [2.05, 4.69) is 5.32 Å². The van der Waals surface area contributed by atoms with E-state index in [0.29, 0.717) is 33.4 Å². The van der Waals surface area contributed by atoms with Crippen LogP contribution in [0.15, 0.2) is 35.9 Å². The van der Waals surface area contributed by atoms with Crippen LogP contribution in [0.25, 0.3) is 6.08 Å². The number of ether oxygens (including phenoxy) is 3. The summed E-state index contributed by atoms with van der Waals surface area (Å²) in [5.74, 6) is -0.251. The molecule has 1 fully saturated rings. The van der Waals surface area contributed by atoms with Gasteiger partial charge in [0.05, 0.1) is 12.8 Å². The van der Waals surface area contributed by atoms with E-state index in [9.17, 15) is 14.4 Å². The lowest BCUT2D eigenvalue weighted by molar-refractivity contribution is -0.122. The first-order valence-electron chi connectivity index (χ1n) is 8.55. The lowest BCUT2D eigenvalue weighted by atomic mass is 10.0. The Bertz CT molecular complexity index is 1090. The second kappa shape index (κ2) is 7.14. The van der Waals surface area contributed by atoms with Gasteiger partial charge < -0.3 is 14.2 Å². The number of anilines is 1. The summed E-state index contributed by atoms with van der Waals surface area (Å²) in [4.78, 5) is 38.8. The summed E-state index contributed by atoms with van der Waals surface area (Å²) in [7, 11) is 1.45. The average molecular weight is 415 g/mol. The largest absolute Gasteiger partial charge is 0.496 e. The highest BCUT2D eigenvalue weighted by molar-refractivity contribution is 6.40. The highest BCUT2D eigenvalue weighted by Gasteiger charge is 2.38. The van der Waals surface area contributed by atoms with Gasteiger partial charge in [-0.15, -0.1) is 0 Å². The molecule has 0 saturated carbocycles. The molecule has 9 heteroatoms. The fraction of sp³-hybridized carbons (Fsp3) is 0.150. The van der Waals surface area contributed by atoms with E-state index in [4.69, 9.17) is 25.8 Å². The second-order valence-electron chi connectivity index (χ2n) is 6.29. The molecule has 2 aromatic carbocycles. The molecule has 29 heavy (non-hydrogen) atoms. The molecule has 0 unspecified atom stereocenters. The number of imide groups is 2.